The lowest BCUT2D eigenvalue weighted by Crippen LogP contribution is -2.59. The van der Waals surface area contributed by atoms with Crippen molar-refractivity contribution in [1.29, 1.82) is 0 Å². The number of hydrogen-bond donors (Lipinski definition) is 1. The van der Waals surface area contributed by atoms with E-state index in [2.05, 4.69) is 14.2 Å². The summed E-state index contributed by atoms with van der Waals surface area (Å²) in [4.78, 5) is 24.4. The molecule has 0 heterocycles. The van der Waals surface area contributed by atoms with Gasteiger partial charge in [-0.2, -0.15) is 52.3 Å². The molecule has 0 bridgehead atoms. The number of hydrogen-bond acceptors (Lipinski definition) is 7. The Kier molecular flexibility index (Phi) is 10.0. The summed E-state index contributed by atoms with van der Waals surface area (Å²) in [5.41, 5.74) is 0. The van der Waals surface area contributed by atoms with Crippen molar-refractivity contribution in [2.45, 2.75) is 74.3 Å². The van der Waals surface area contributed by atoms with Crippen LogP contribution in [0.25, 0.3) is 0 Å². The first kappa shape index (κ1) is 32.1. The maximum atomic E-state index is 13.9. The first-order chi connectivity index (χ1) is 16.1. The third kappa shape index (κ3) is 7.80. The van der Waals surface area contributed by atoms with Crippen molar-refractivity contribution in [3.63, 3.8) is 0 Å². The van der Waals surface area contributed by atoms with Crippen molar-refractivity contribution < 1.29 is 80.7 Å². The van der Waals surface area contributed by atoms with Gasteiger partial charge in [0, 0.05) is 6.42 Å². The minimum Gasteiger partial charge on any atom is -0.460 e. The fraction of sp³-hybridized carbons (Fsp3) is 0.882. The van der Waals surface area contributed by atoms with Gasteiger partial charge in [0.15, 0.2) is 0 Å². The Labute approximate surface area is 197 Å². The van der Waals surface area contributed by atoms with Crippen LogP contribution in [0.5, 0.6) is 0 Å². The molecule has 1 fully saturated rings. The number of rotatable bonds is 11. The van der Waals surface area contributed by atoms with E-state index >= 15 is 0 Å². The van der Waals surface area contributed by atoms with Gasteiger partial charge in [-0.3, -0.25) is 9.35 Å². The molecule has 1 saturated carbocycles. The standard InChI is InChI=1S/C17H20F10O8S/c18-13(19,17(26,27)36(30,31)32)6-9-34-15(16(23,24)25,12(29)33-8-7-14(20,21)22)35-11(28)10-4-2-1-3-5-10/h10H,1-9H2,(H,30,31,32). The number of ether oxygens (including phenoxy) is 3. The third-order valence-corrected chi connectivity index (χ3v) is 5.86. The summed E-state index contributed by atoms with van der Waals surface area (Å²) in [6.45, 7) is -4.01. The molecule has 0 saturated heterocycles. The first-order valence-corrected chi connectivity index (χ1v) is 11.4. The molecule has 0 aromatic heterocycles. The molecule has 0 spiro atoms. The second-order valence-corrected chi connectivity index (χ2v) is 9.13. The Morgan fingerprint density at radius 3 is 1.81 bits per heavy atom. The molecule has 0 aromatic rings. The van der Waals surface area contributed by atoms with Crippen LogP contribution < -0.4 is 0 Å². The third-order valence-electron chi connectivity index (χ3n) is 4.91. The summed E-state index contributed by atoms with van der Waals surface area (Å²) < 4.78 is 174. The molecule has 0 aromatic carbocycles. The van der Waals surface area contributed by atoms with E-state index in [0.29, 0.717) is 19.3 Å². The Hall–Kier alpha value is -1.89. The van der Waals surface area contributed by atoms with E-state index in [1.165, 1.54) is 0 Å². The van der Waals surface area contributed by atoms with Crippen LogP contribution >= 0.6 is 0 Å². The van der Waals surface area contributed by atoms with Crippen LogP contribution in [0, 0.1) is 5.92 Å². The van der Waals surface area contributed by atoms with Gasteiger partial charge in [0.05, 0.1) is 18.9 Å². The van der Waals surface area contributed by atoms with Crippen LogP contribution in [0.3, 0.4) is 0 Å². The predicted molar refractivity (Wildman–Crippen MR) is 95.1 cm³/mol. The van der Waals surface area contributed by atoms with Crippen molar-refractivity contribution in [2.75, 3.05) is 13.2 Å². The smallest absolute Gasteiger partial charge is 0.460 e. The minimum absolute atomic E-state index is 0.0332. The topological polar surface area (TPSA) is 116 Å². The zero-order valence-corrected chi connectivity index (χ0v) is 18.8. The first-order valence-electron chi connectivity index (χ1n) is 9.97. The summed E-state index contributed by atoms with van der Waals surface area (Å²) in [5.74, 6) is -16.6. The number of esters is 2. The van der Waals surface area contributed by atoms with Gasteiger partial charge >= 0.3 is 51.4 Å². The van der Waals surface area contributed by atoms with Crippen LogP contribution in [-0.4, -0.2) is 67.4 Å². The van der Waals surface area contributed by atoms with Gasteiger partial charge in [-0.05, 0) is 12.8 Å². The molecule has 0 aliphatic heterocycles. The molecule has 19 heteroatoms. The summed E-state index contributed by atoms with van der Waals surface area (Å²) in [5, 5.41) is -6.21. The molecular weight excluding hydrogens is 554 g/mol. The van der Waals surface area contributed by atoms with E-state index in [9.17, 15) is 61.9 Å². The molecule has 1 rings (SSSR count). The molecule has 212 valence electrons. The van der Waals surface area contributed by atoms with Crippen molar-refractivity contribution >= 4 is 22.1 Å². The minimum atomic E-state index is -6.77. The highest BCUT2D eigenvalue weighted by molar-refractivity contribution is 7.87. The highest BCUT2D eigenvalue weighted by Gasteiger charge is 2.69. The van der Waals surface area contributed by atoms with E-state index in [1.807, 2.05) is 0 Å². The monoisotopic (exact) mass is 574 g/mol. The molecule has 1 atom stereocenters. The molecule has 1 unspecified atom stereocenters. The van der Waals surface area contributed by atoms with Gasteiger partial charge in [0.2, 0.25) is 0 Å². The Morgan fingerprint density at radius 2 is 1.36 bits per heavy atom. The fourth-order valence-electron chi connectivity index (χ4n) is 2.96. The summed E-state index contributed by atoms with van der Waals surface area (Å²) >= 11 is 0. The van der Waals surface area contributed by atoms with Crippen molar-refractivity contribution in [1.82, 2.24) is 0 Å². The molecule has 1 aliphatic rings. The van der Waals surface area contributed by atoms with Gasteiger partial charge < -0.3 is 14.2 Å². The molecule has 8 nitrogen and oxygen atoms in total. The van der Waals surface area contributed by atoms with Crippen molar-refractivity contribution in [3.8, 4) is 0 Å². The van der Waals surface area contributed by atoms with Crippen LogP contribution in [0.1, 0.15) is 44.9 Å². The predicted octanol–water partition coefficient (Wildman–Crippen LogP) is 4.39. The summed E-state index contributed by atoms with van der Waals surface area (Å²) in [6.07, 6.45) is -14.6. The van der Waals surface area contributed by atoms with E-state index in [4.69, 9.17) is 4.55 Å². The number of halogens is 10. The SMILES string of the molecule is O=C(OC(OCCC(F)(F)C(F)(F)S(=O)(=O)O)(C(=O)OCCC(F)(F)F)C(F)(F)F)C1CCCCC1. The highest BCUT2D eigenvalue weighted by atomic mass is 32.2. The lowest BCUT2D eigenvalue weighted by Gasteiger charge is -2.34. The fourth-order valence-corrected chi connectivity index (χ4v) is 3.44. The average Bonchev–Trinajstić information content (AvgIpc) is 2.70. The zero-order chi connectivity index (χ0) is 28.2. The molecule has 1 N–H and O–H groups in total. The molecule has 0 radical (unpaired) electrons. The number of alkyl halides is 10. The normalized spacial score (nSPS) is 18.4. The van der Waals surface area contributed by atoms with Crippen molar-refractivity contribution in [2.24, 2.45) is 5.92 Å². The highest BCUT2D eigenvalue weighted by Crippen LogP contribution is 2.43. The van der Waals surface area contributed by atoms with Gasteiger partial charge in [0.1, 0.15) is 6.61 Å². The van der Waals surface area contributed by atoms with E-state index < -0.39 is 83.3 Å². The molecule has 1 aliphatic carbocycles. The summed E-state index contributed by atoms with van der Waals surface area (Å²) in [6, 6.07) is 0. The van der Waals surface area contributed by atoms with E-state index in [-0.39, 0.29) is 12.8 Å². The quantitative estimate of drug-likeness (QED) is 0.167. The van der Waals surface area contributed by atoms with E-state index in [1.54, 1.807) is 0 Å². The second-order valence-electron chi connectivity index (χ2n) is 7.67. The molecule has 0 amide bonds. The van der Waals surface area contributed by atoms with Crippen LogP contribution in [0.15, 0.2) is 0 Å². The Morgan fingerprint density at radius 1 is 0.833 bits per heavy atom. The molecule has 36 heavy (non-hydrogen) atoms. The number of carbonyl (C=O) groups is 2. The van der Waals surface area contributed by atoms with Gasteiger partial charge in [-0.25, -0.2) is 4.79 Å². The lowest BCUT2D eigenvalue weighted by molar-refractivity contribution is -0.359. The van der Waals surface area contributed by atoms with Crippen molar-refractivity contribution in [3.05, 3.63) is 0 Å². The van der Waals surface area contributed by atoms with Gasteiger partial charge in [0.25, 0.3) is 0 Å². The van der Waals surface area contributed by atoms with Crippen LogP contribution in [0.2, 0.25) is 0 Å². The van der Waals surface area contributed by atoms with Crippen LogP contribution in [-0.2, 0) is 33.9 Å². The van der Waals surface area contributed by atoms with Gasteiger partial charge in [-0.1, -0.05) is 19.3 Å². The second kappa shape index (κ2) is 11.2. The Bertz CT molecular complexity index is 881. The van der Waals surface area contributed by atoms with E-state index in [0.717, 1.165) is 0 Å². The summed E-state index contributed by atoms with van der Waals surface area (Å²) in [7, 11) is -6.77. The average molecular weight is 574 g/mol. The maximum Gasteiger partial charge on any atom is 0.468 e. The largest absolute Gasteiger partial charge is 0.468 e. The zero-order valence-electron chi connectivity index (χ0n) is 17.9. The lowest BCUT2D eigenvalue weighted by atomic mass is 9.89. The van der Waals surface area contributed by atoms with Crippen LogP contribution in [0.4, 0.5) is 43.9 Å². The maximum absolute atomic E-state index is 13.9. The number of carbonyl (C=O) groups excluding carboxylic acids is 2. The Balaban J connectivity index is 3.26. The van der Waals surface area contributed by atoms with Gasteiger partial charge in [-0.15, -0.1) is 0 Å². The molecular formula is C17H20F10O8S.